The number of furan rings is 1. The summed E-state index contributed by atoms with van der Waals surface area (Å²) >= 11 is 7.19. The van der Waals surface area contributed by atoms with E-state index in [1.54, 1.807) is 17.6 Å². The molecule has 3 aromatic rings. The van der Waals surface area contributed by atoms with E-state index in [-0.39, 0.29) is 6.04 Å². The van der Waals surface area contributed by atoms with E-state index in [9.17, 15) is 0 Å². The number of thiophene rings is 1. The summed E-state index contributed by atoms with van der Waals surface area (Å²) < 4.78 is 5.32. The highest BCUT2D eigenvalue weighted by Crippen LogP contribution is 2.26. The van der Waals surface area contributed by atoms with Crippen LogP contribution in [0.15, 0.2) is 64.6 Å². The van der Waals surface area contributed by atoms with Gasteiger partial charge in [-0.05, 0) is 53.3 Å². The van der Waals surface area contributed by atoms with Gasteiger partial charge in [0.25, 0.3) is 0 Å². The van der Waals surface area contributed by atoms with Crippen molar-refractivity contribution in [3.63, 3.8) is 0 Å². The largest absolute Gasteiger partial charge is 0.467 e. The molecule has 0 saturated carbocycles. The Labute approximate surface area is 151 Å². The Morgan fingerprint density at radius 1 is 1.17 bits per heavy atom. The highest BCUT2D eigenvalue weighted by atomic mass is 32.1. The molecule has 2 aromatic heterocycles. The van der Waals surface area contributed by atoms with E-state index in [0.717, 1.165) is 12.2 Å². The second-order valence-corrected chi connectivity index (χ2v) is 6.84. The smallest absolute Gasteiger partial charge is 0.167 e. The van der Waals surface area contributed by atoms with Crippen LogP contribution in [0.1, 0.15) is 34.7 Å². The first-order chi connectivity index (χ1) is 11.8. The lowest BCUT2D eigenvalue weighted by atomic mass is 10.0. The van der Waals surface area contributed by atoms with Gasteiger partial charge in [0, 0.05) is 4.88 Å². The average Bonchev–Trinajstić information content (AvgIpc) is 3.31. The maximum atomic E-state index is 5.47. The third-order valence-corrected chi connectivity index (χ3v) is 5.03. The molecule has 1 aromatic carbocycles. The van der Waals surface area contributed by atoms with Crippen molar-refractivity contribution in [2.75, 3.05) is 0 Å². The van der Waals surface area contributed by atoms with Crippen LogP contribution >= 0.6 is 23.6 Å². The Morgan fingerprint density at radius 3 is 2.62 bits per heavy atom. The van der Waals surface area contributed by atoms with Crippen LogP contribution in [0.4, 0.5) is 0 Å². The summed E-state index contributed by atoms with van der Waals surface area (Å²) in [6.07, 6.45) is 2.71. The topological polar surface area (TPSA) is 37.2 Å². The van der Waals surface area contributed by atoms with Crippen LogP contribution in [0.2, 0.25) is 0 Å². The molecule has 2 heterocycles. The van der Waals surface area contributed by atoms with E-state index < -0.39 is 0 Å². The van der Waals surface area contributed by atoms with Crippen molar-refractivity contribution in [1.29, 1.82) is 0 Å². The van der Waals surface area contributed by atoms with Crippen LogP contribution in [0.5, 0.6) is 0 Å². The van der Waals surface area contributed by atoms with Crippen molar-refractivity contribution in [2.45, 2.75) is 25.9 Å². The first-order valence-corrected chi connectivity index (χ1v) is 9.24. The Kier molecular flexibility index (Phi) is 5.67. The lowest BCUT2D eigenvalue weighted by Crippen LogP contribution is -2.37. The van der Waals surface area contributed by atoms with Gasteiger partial charge in [0.1, 0.15) is 5.76 Å². The number of hydrogen-bond acceptors (Lipinski definition) is 3. The zero-order valence-corrected chi connectivity index (χ0v) is 15.1. The molecule has 0 aliphatic heterocycles. The molecule has 124 valence electrons. The first kappa shape index (κ1) is 16.7. The molecule has 24 heavy (non-hydrogen) atoms. The molecule has 3 nitrogen and oxygen atoms in total. The fraction of sp³-hybridized carbons (Fsp3) is 0.211. The van der Waals surface area contributed by atoms with Gasteiger partial charge in [-0.2, -0.15) is 0 Å². The quantitative estimate of drug-likeness (QED) is 0.630. The molecule has 1 atom stereocenters. The number of benzene rings is 1. The molecule has 0 radical (unpaired) electrons. The van der Waals surface area contributed by atoms with Crippen LogP contribution in [0.25, 0.3) is 0 Å². The van der Waals surface area contributed by atoms with Crippen molar-refractivity contribution in [3.8, 4) is 0 Å². The van der Waals surface area contributed by atoms with Gasteiger partial charge >= 0.3 is 0 Å². The minimum absolute atomic E-state index is 0.0486. The Morgan fingerprint density at radius 2 is 2.00 bits per heavy atom. The van der Waals surface area contributed by atoms with Gasteiger partial charge in [-0.1, -0.05) is 37.3 Å². The minimum atomic E-state index is 0.0486. The van der Waals surface area contributed by atoms with E-state index in [2.05, 4.69) is 59.3 Å². The molecule has 0 spiro atoms. The summed E-state index contributed by atoms with van der Waals surface area (Å²) in [6, 6.07) is 16.7. The Balaban J connectivity index is 1.71. The van der Waals surface area contributed by atoms with E-state index in [4.69, 9.17) is 16.6 Å². The third kappa shape index (κ3) is 4.24. The summed E-state index contributed by atoms with van der Waals surface area (Å²) in [7, 11) is 0. The molecule has 0 saturated heterocycles. The summed E-state index contributed by atoms with van der Waals surface area (Å²) in [5.74, 6) is 0.860. The van der Waals surface area contributed by atoms with Crippen molar-refractivity contribution in [1.82, 2.24) is 10.6 Å². The van der Waals surface area contributed by atoms with Gasteiger partial charge in [-0.15, -0.1) is 11.3 Å². The van der Waals surface area contributed by atoms with Crippen molar-refractivity contribution < 1.29 is 4.42 Å². The number of hydrogen-bond donors (Lipinski definition) is 2. The summed E-state index contributed by atoms with van der Waals surface area (Å²) in [4.78, 5) is 1.24. The van der Waals surface area contributed by atoms with Gasteiger partial charge in [0.05, 0.1) is 18.8 Å². The zero-order chi connectivity index (χ0) is 16.8. The predicted octanol–water partition coefficient (Wildman–Crippen LogP) is 4.66. The lowest BCUT2D eigenvalue weighted by molar-refractivity contribution is 0.502. The molecule has 2 N–H and O–H groups in total. The maximum Gasteiger partial charge on any atom is 0.167 e. The van der Waals surface area contributed by atoms with Crippen LogP contribution < -0.4 is 10.6 Å². The fourth-order valence-corrected chi connectivity index (χ4v) is 3.48. The first-order valence-electron chi connectivity index (χ1n) is 7.95. The fourth-order valence-electron chi connectivity index (χ4n) is 2.48. The SMILES string of the molecule is CCc1ccc([C@@H](NC(=S)NCc2ccco2)c2cccs2)cc1. The molecular weight excluding hydrogens is 336 g/mol. The van der Waals surface area contributed by atoms with Crippen LogP contribution in [0, 0.1) is 0 Å². The number of aryl methyl sites for hydroxylation is 1. The third-order valence-electron chi connectivity index (χ3n) is 3.83. The highest BCUT2D eigenvalue weighted by molar-refractivity contribution is 7.80. The maximum absolute atomic E-state index is 5.47. The molecule has 0 bridgehead atoms. The van der Waals surface area contributed by atoms with E-state index in [1.807, 2.05) is 12.1 Å². The molecule has 5 heteroatoms. The molecule has 3 rings (SSSR count). The van der Waals surface area contributed by atoms with Crippen LogP contribution in [-0.2, 0) is 13.0 Å². The van der Waals surface area contributed by atoms with Crippen molar-refractivity contribution in [3.05, 3.63) is 81.9 Å². The summed E-state index contributed by atoms with van der Waals surface area (Å²) in [5, 5.41) is 9.33. The average molecular weight is 357 g/mol. The Bertz CT molecular complexity index is 749. The molecule has 0 aliphatic carbocycles. The number of nitrogens with one attached hydrogen (secondary N) is 2. The molecule has 0 aliphatic rings. The van der Waals surface area contributed by atoms with E-state index >= 15 is 0 Å². The molecular formula is C19H20N2OS2. The van der Waals surface area contributed by atoms with Gasteiger partial charge in [0.15, 0.2) is 5.11 Å². The molecule has 0 amide bonds. The van der Waals surface area contributed by atoms with Gasteiger partial charge in [-0.3, -0.25) is 0 Å². The standard InChI is InChI=1S/C19H20N2OS2/c1-2-14-7-9-15(10-8-14)18(17-6-4-12-24-17)21-19(23)20-13-16-5-3-11-22-16/h3-12,18H,2,13H2,1H3,(H2,20,21,23)/t18-/m1/s1. The van der Waals surface area contributed by atoms with E-state index in [1.165, 1.54) is 16.0 Å². The summed E-state index contributed by atoms with van der Waals surface area (Å²) in [5.41, 5.74) is 2.54. The number of thiocarbonyl (C=S) groups is 1. The van der Waals surface area contributed by atoms with Gasteiger partial charge < -0.3 is 15.1 Å². The number of rotatable bonds is 6. The van der Waals surface area contributed by atoms with Crippen LogP contribution in [0.3, 0.4) is 0 Å². The second kappa shape index (κ2) is 8.13. The Hall–Kier alpha value is -2.11. The van der Waals surface area contributed by atoms with E-state index in [0.29, 0.717) is 11.7 Å². The lowest BCUT2D eigenvalue weighted by Gasteiger charge is -2.20. The minimum Gasteiger partial charge on any atom is -0.467 e. The van der Waals surface area contributed by atoms with Crippen LogP contribution in [-0.4, -0.2) is 5.11 Å². The molecule has 0 fully saturated rings. The normalized spacial score (nSPS) is 11.9. The predicted molar refractivity (Wildman–Crippen MR) is 103 cm³/mol. The molecule has 0 unspecified atom stereocenters. The van der Waals surface area contributed by atoms with Gasteiger partial charge in [-0.25, -0.2) is 0 Å². The summed E-state index contributed by atoms with van der Waals surface area (Å²) in [6.45, 7) is 2.74. The highest BCUT2D eigenvalue weighted by Gasteiger charge is 2.16. The second-order valence-electron chi connectivity index (χ2n) is 5.45. The van der Waals surface area contributed by atoms with Crippen molar-refractivity contribution >= 4 is 28.7 Å². The van der Waals surface area contributed by atoms with Crippen molar-refractivity contribution in [2.24, 2.45) is 0 Å². The zero-order valence-electron chi connectivity index (χ0n) is 13.5. The monoisotopic (exact) mass is 356 g/mol. The van der Waals surface area contributed by atoms with Gasteiger partial charge in [0.2, 0.25) is 0 Å².